The van der Waals surface area contributed by atoms with Gasteiger partial charge in [-0.1, -0.05) is 12.1 Å². The second-order valence-electron chi connectivity index (χ2n) is 5.97. The van der Waals surface area contributed by atoms with E-state index in [1.165, 1.54) is 22.3 Å². The molecule has 19 heavy (non-hydrogen) atoms. The van der Waals surface area contributed by atoms with Crippen molar-refractivity contribution in [3.63, 3.8) is 0 Å². The minimum atomic E-state index is 0.131. The summed E-state index contributed by atoms with van der Waals surface area (Å²) < 4.78 is 0. The van der Waals surface area contributed by atoms with Gasteiger partial charge >= 0.3 is 0 Å². The molecular weight excluding hydrogens is 234 g/mol. The number of hydrogen-bond donors (Lipinski definition) is 2. The molecule has 3 heteroatoms. The first-order valence-electron chi connectivity index (χ1n) is 7.23. The molecule has 1 saturated heterocycles. The summed E-state index contributed by atoms with van der Waals surface area (Å²) >= 11 is 0. The third-order valence-electron chi connectivity index (χ3n) is 4.45. The van der Waals surface area contributed by atoms with Crippen molar-refractivity contribution in [3.8, 4) is 0 Å². The molecule has 1 aromatic rings. The van der Waals surface area contributed by atoms with Gasteiger partial charge in [-0.15, -0.1) is 0 Å². The summed E-state index contributed by atoms with van der Waals surface area (Å²) in [5.41, 5.74) is 11.8. The van der Waals surface area contributed by atoms with Gasteiger partial charge in [-0.2, -0.15) is 0 Å². The topological polar surface area (TPSA) is 41.3 Å². The van der Waals surface area contributed by atoms with Crippen LogP contribution in [0.5, 0.6) is 0 Å². The van der Waals surface area contributed by atoms with Gasteiger partial charge < -0.3 is 16.0 Å². The smallest absolute Gasteiger partial charge is 0.0313 e. The lowest BCUT2D eigenvalue weighted by atomic mass is 9.92. The Morgan fingerprint density at radius 2 is 1.95 bits per heavy atom. The molecule has 0 amide bonds. The Bertz CT molecular complexity index is 442. The van der Waals surface area contributed by atoms with E-state index in [1.54, 1.807) is 0 Å². The van der Waals surface area contributed by atoms with Gasteiger partial charge in [0.05, 0.1) is 0 Å². The average Bonchev–Trinajstić information content (AvgIpc) is 2.36. The number of benzene rings is 1. The van der Waals surface area contributed by atoms with Crippen LogP contribution in [-0.4, -0.2) is 37.6 Å². The normalized spacial score (nSPS) is 22.5. The van der Waals surface area contributed by atoms with Crippen LogP contribution in [0.3, 0.4) is 0 Å². The number of nitrogens with one attached hydrogen (secondary N) is 1. The number of likely N-dealkylation sites (N-methyl/N-ethyl adjacent to an activating group) is 1. The van der Waals surface area contributed by atoms with Crippen molar-refractivity contribution in [1.29, 1.82) is 0 Å². The highest BCUT2D eigenvalue weighted by molar-refractivity contribution is 5.38. The van der Waals surface area contributed by atoms with Gasteiger partial charge in [-0.3, -0.25) is 0 Å². The van der Waals surface area contributed by atoms with Crippen LogP contribution in [0.25, 0.3) is 0 Å². The molecule has 1 aliphatic heterocycles. The summed E-state index contributed by atoms with van der Waals surface area (Å²) in [6.07, 6.45) is 1.02. The lowest BCUT2D eigenvalue weighted by Crippen LogP contribution is -2.50. The van der Waals surface area contributed by atoms with Crippen LogP contribution >= 0.6 is 0 Å². The van der Waals surface area contributed by atoms with Crippen molar-refractivity contribution in [2.24, 2.45) is 5.73 Å². The molecule has 0 bridgehead atoms. The Kier molecular flexibility index (Phi) is 4.61. The van der Waals surface area contributed by atoms with E-state index in [2.05, 4.69) is 50.2 Å². The highest BCUT2D eigenvalue weighted by atomic mass is 15.2. The Morgan fingerprint density at radius 3 is 2.63 bits per heavy atom. The number of nitrogens with zero attached hydrogens (tertiary/aromatic N) is 1. The van der Waals surface area contributed by atoms with Crippen molar-refractivity contribution in [1.82, 2.24) is 10.2 Å². The van der Waals surface area contributed by atoms with E-state index in [9.17, 15) is 0 Å². The number of rotatable bonds is 3. The average molecular weight is 261 g/mol. The molecule has 2 unspecified atom stereocenters. The van der Waals surface area contributed by atoms with E-state index in [0.717, 1.165) is 26.1 Å². The van der Waals surface area contributed by atoms with E-state index in [0.29, 0.717) is 6.04 Å². The van der Waals surface area contributed by atoms with Crippen molar-refractivity contribution in [2.45, 2.75) is 39.3 Å². The minimum Gasteiger partial charge on any atom is -0.324 e. The van der Waals surface area contributed by atoms with E-state index in [-0.39, 0.29) is 6.04 Å². The predicted octanol–water partition coefficient (Wildman–Crippen LogP) is 1.91. The number of nitrogens with two attached hydrogens (primary N) is 1. The monoisotopic (exact) mass is 261 g/mol. The first-order valence-corrected chi connectivity index (χ1v) is 7.23. The minimum absolute atomic E-state index is 0.131. The molecular formula is C16H27N3. The summed E-state index contributed by atoms with van der Waals surface area (Å²) in [7, 11) is 2.20. The zero-order valence-corrected chi connectivity index (χ0v) is 12.7. The molecule has 0 saturated carbocycles. The molecule has 2 rings (SSSR count). The Morgan fingerprint density at radius 1 is 1.26 bits per heavy atom. The fourth-order valence-electron chi connectivity index (χ4n) is 2.93. The summed E-state index contributed by atoms with van der Waals surface area (Å²) in [5.74, 6) is 0. The Balaban J connectivity index is 2.11. The lowest BCUT2D eigenvalue weighted by Gasteiger charge is -2.35. The molecule has 0 radical (unpaired) electrons. The zero-order chi connectivity index (χ0) is 14.0. The van der Waals surface area contributed by atoms with Gasteiger partial charge in [0.25, 0.3) is 0 Å². The molecule has 106 valence electrons. The van der Waals surface area contributed by atoms with Crippen LogP contribution in [-0.2, 0) is 0 Å². The van der Waals surface area contributed by atoms with Crippen LogP contribution < -0.4 is 11.1 Å². The number of aryl methyl sites for hydroxylation is 3. The quantitative estimate of drug-likeness (QED) is 0.873. The maximum Gasteiger partial charge on any atom is 0.0313 e. The molecule has 3 N–H and O–H groups in total. The Labute approximate surface area is 117 Å². The highest BCUT2D eigenvalue weighted by Crippen LogP contribution is 2.24. The summed E-state index contributed by atoms with van der Waals surface area (Å²) in [6, 6.07) is 5.20. The molecule has 0 spiro atoms. The van der Waals surface area contributed by atoms with Crippen LogP contribution in [0, 0.1) is 20.8 Å². The first-order chi connectivity index (χ1) is 8.99. The second-order valence-corrected chi connectivity index (χ2v) is 5.97. The fourth-order valence-corrected chi connectivity index (χ4v) is 2.93. The van der Waals surface area contributed by atoms with Gasteiger partial charge in [-0.05, 0) is 56.5 Å². The Hall–Kier alpha value is -0.900. The SMILES string of the molecule is Cc1cc(C)c(C(N)CC2CNCCN2C)cc1C. The first kappa shape index (κ1) is 14.5. The zero-order valence-electron chi connectivity index (χ0n) is 12.7. The van der Waals surface area contributed by atoms with Gasteiger partial charge in [-0.25, -0.2) is 0 Å². The molecule has 2 atom stereocenters. The van der Waals surface area contributed by atoms with Crippen molar-refractivity contribution in [3.05, 3.63) is 34.4 Å². The van der Waals surface area contributed by atoms with E-state index in [1.807, 2.05) is 0 Å². The van der Waals surface area contributed by atoms with Crippen molar-refractivity contribution in [2.75, 3.05) is 26.7 Å². The van der Waals surface area contributed by atoms with E-state index in [4.69, 9.17) is 5.73 Å². The molecule has 0 aromatic heterocycles. The highest BCUT2D eigenvalue weighted by Gasteiger charge is 2.22. The van der Waals surface area contributed by atoms with Crippen molar-refractivity contribution >= 4 is 0 Å². The van der Waals surface area contributed by atoms with Crippen LogP contribution in [0.2, 0.25) is 0 Å². The van der Waals surface area contributed by atoms with Gasteiger partial charge in [0.1, 0.15) is 0 Å². The van der Waals surface area contributed by atoms with Gasteiger partial charge in [0.15, 0.2) is 0 Å². The predicted molar refractivity (Wildman–Crippen MR) is 81.5 cm³/mol. The lowest BCUT2D eigenvalue weighted by molar-refractivity contribution is 0.182. The van der Waals surface area contributed by atoms with Gasteiger partial charge in [0.2, 0.25) is 0 Å². The van der Waals surface area contributed by atoms with Crippen molar-refractivity contribution < 1.29 is 0 Å². The summed E-state index contributed by atoms with van der Waals surface area (Å²) in [5, 5.41) is 3.46. The van der Waals surface area contributed by atoms with Crippen LogP contribution in [0.4, 0.5) is 0 Å². The van der Waals surface area contributed by atoms with E-state index >= 15 is 0 Å². The summed E-state index contributed by atoms with van der Waals surface area (Å²) in [6.45, 7) is 9.75. The summed E-state index contributed by atoms with van der Waals surface area (Å²) in [4.78, 5) is 2.42. The molecule has 1 heterocycles. The third-order valence-corrected chi connectivity index (χ3v) is 4.45. The molecule has 1 fully saturated rings. The number of piperazine rings is 1. The largest absolute Gasteiger partial charge is 0.324 e. The molecule has 3 nitrogen and oxygen atoms in total. The molecule has 1 aliphatic rings. The third kappa shape index (κ3) is 3.35. The molecule has 1 aromatic carbocycles. The maximum absolute atomic E-state index is 6.45. The van der Waals surface area contributed by atoms with Crippen LogP contribution in [0.1, 0.15) is 34.7 Å². The second kappa shape index (κ2) is 6.04. The maximum atomic E-state index is 6.45. The molecule has 0 aliphatic carbocycles. The van der Waals surface area contributed by atoms with E-state index < -0.39 is 0 Å². The standard InChI is InChI=1S/C16H27N3/c1-11-7-13(3)15(8-12(11)2)16(17)9-14-10-18-5-6-19(14)4/h7-8,14,16,18H,5-6,9-10,17H2,1-4H3. The van der Waals surface area contributed by atoms with Gasteiger partial charge in [0, 0.05) is 31.7 Å². The fraction of sp³-hybridized carbons (Fsp3) is 0.625. The van der Waals surface area contributed by atoms with Crippen LogP contribution in [0.15, 0.2) is 12.1 Å². The number of hydrogen-bond acceptors (Lipinski definition) is 3.